The zero-order valence-electron chi connectivity index (χ0n) is 10.4. The molecule has 0 spiro atoms. The summed E-state index contributed by atoms with van der Waals surface area (Å²) >= 11 is 3.44. The fourth-order valence-corrected chi connectivity index (χ4v) is 2.34. The average molecular weight is 309 g/mol. The predicted molar refractivity (Wildman–Crippen MR) is 76.8 cm³/mol. The minimum atomic E-state index is -0.00627. The minimum Gasteiger partial charge on any atom is -0.348 e. The van der Waals surface area contributed by atoms with Crippen LogP contribution < -0.4 is 10.6 Å². The highest BCUT2D eigenvalue weighted by molar-refractivity contribution is 9.10. The van der Waals surface area contributed by atoms with Crippen LogP contribution in [0.3, 0.4) is 0 Å². The molecule has 0 atom stereocenters. The highest BCUT2D eigenvalue weighted by Crippen LogP contribution is 2.19. The number of halogens is 1. The first-order chi connectivity index (χ1) is 8.68. The van der Waals surface area contributed by atoms with Crippen LogP contribution in [0.15, 0.2) is 34.3 Å². The maximum absolute atomic E-state index is 12.1. The lowest BCUT2D eigenvalue weighted by Gasteiger charge is -2.15. The van der Waals surface area contributed by atoms with Gasteiger partial charge in [-0.1, -0.05) is 33.6 Å². The first kappa shape index (κ1) is 13.3. The lowest BCUT2D eigenvalue weighted by molar-refractivity contribution is 0.0956. The Hall–Kier alpha value is -1.13. The summed E-state index contributed by atoms with van der Waals surface area (Å²) in [7, 11) is 0. The van der Waals surface area contributed by atoms with Crippen LogP contribution in [0.25, 0.3) is 0 Å². The summed E-state index contributed by atoms with van der Waals surface area (Å²) < 4.78 is 0.969. The number of hydrogen-bond donors (Lipinski definition) is 2. The van der Waals surface area contributed by atoms with Crippen molar-refractivity contribution in [3.63, 3.8) is 0 Å². The summed E-state index contributed by atoms with van der Waals surface area (Å²) in [5, 5.41) is 6.24. The molecular weight excluding hydrogens is 292 g/mol. The van der Waals surface area contributed by atoms with E-state index in [0.717, 1.165) is 35.1 Å². The molecular formula is C14H17BrN2O. The van der Waals surface area contributed by atoms with Crippen LogP contribution in [0.2, 0.25) is 0 Å². The number of carbonyl (C=O) groups excluding carboxylic acids is 1. The Balaban J connectivity index is 1.99. The lowest BCUT2D eigenvalue weighted by Crippen LogP contribution is -2.30. The molecule has 4 heteroatoms. The molecule has 0 aliphatic carbocycles. The van der Waals surface area contributed by atoms with Crippen LogP contribution in [0.5, 0.6) is 0 Å². The SMILES string of the molecule is Cc1c(Br)cccc1C(=O)NCC1=CCNCC1. The monoisotopic (exact) mass is 308 g/mol. The fourth-order valence-electron chi connectivity index (χ4n) is 1.97. The molecule has 1 amide bonds. The Morgan fingerprint density at radius 2 is 2.33 bits per heavy atom. The molecule has 0 saturated carbocycles. The summed E-state index contributed by atoms with van der Waals surface area (Å²) in [6.45, 7) is 4.49. The quantitative estimate of drug-likeness (QED) is 0.842. The number of carbonyl (C=O) groups is 1. The zero-order valence-corrected chi connectivity index (χ0v) is 12.0. The second-order valence-corrected chi connectivity index (χ2v) is 5.27. The molecule has 1 aliphatic heterocycles. The number of hydrogen-bond acceptors (Lipinski definition) is 2. The number of rotatable bonds is 3. The Morgan fingerprint density at radius 3 is 3.06 bits per heavy atom. The van der Waals surface area contributed by atoms with Crippen LogP contribution >= 0.6 is 15.9 Å². The molecule has 0 radical (unpaired) electrons. The molecule has 0 fully saturated rings. The van der Waals surface area contributed by atoms with Gasteiger partial charge in [-0.05, 0) is 37.6 Å². The Bertz CT molecular complexity index is 483. The normalized spacial score (nSPS) is 15.1. The molecule has 1 aromatic carbocycles. The van der Waals surface area contributed by atoms with E-state index in [1.165, 1.54) is 5.57 Å². The summed E-state index contributed by atoms with van der Waals surface area (Å²) in [5.74, 6) is -0.00627. The third-order valence-corrected chi connectivity index (χ3v) is 4.01. The van der Waals surface area contributed by atoms with Crippen LogP contribution in [-0.4, -0.2) is 25.5 Å². The van der Waals surface area contributed by atoms with Crippen LogP contribution in [-0.2, 0) is 0 Å². The molecule has 1 aromatic rings. The van der Waals surface area contributed by atoms with Gasteiger partial charge in [-0.15, -0.1) is 0 Å². The summed E-state index contributed by atoms with van der Waals surface area (Å²) in [4.78, 5) is 12.1. The van der Waals surface area contributed by atoms with Gasteiger partial charge >= 0.3 is 0 Å². The van der Waals surface area contributed by atoms with E-state index < -0.39 is 0 Å². The topological polar surface area (TPSA) is 41.1 Å². The van der Waals surface area contributed by atoms with Gasteiger partial charge in [0, 0.05) is 23.1 Å². The van der Waals surface area contributed by atoms with Crippen molar-refractivity contribution in [3.05, 3.63) is 45.4 Å². The van der Waals surface area contributed by atoms with Gasteiger partial charge < -0.3 is 10.6 Å². The maximum atomic E-state index is 12.1. The van der Waals surface area contributed by atoms with E-state index in [4.69, 9.17) is 0 Å². The molecule has 1 aliphatic rings. The fraction of sp³-hybridized carbons (Fsp3) is 0.357. The van der Waals surface area contributed by atoms with Gasteiger partial charge in [0.2, 0.25) is 0 Å². The summed E-state index contributed by atoms with van der Waals surface area (Å²) in [5.41, 5.74) is 3.02. The average Bonchev–Trinajstić information content (AvgIpc) is 2.40. The second kappa shape index (κ2) is 6.16. The smallest absolute Gasteiger partial charge is 0.251 e. The lowest BCUT2D eigenvalue weighted by atomic mass is 10.1. The number of benzene rings is 1. The van der Waals surface area contributed by atoms with Gasteiger partial charge in [0.25, 0.3) is 5.91 Å². The highest BCUT2D eigenvalue weighted by Gasteiger charge is 2.11. The van der Waals surface area contributed by atoms with Crippen molar-refractivity contribution in [2.75, 3.05) is 19.6 Å². The molecule has 1 heterocycles. The Morgan fingerprint density at radius 1 is 1.50 bits per heavy atom. The molecule has 0 aromatic heterocycles. The van der Waals surface area contributed by atoms with Gasteiger partial charge in [0.05, 0.1) is 0 Å². The van der Waals surface area contributed by atoms with Crippen molar-refractivity contribution in [2.24, 2.45) is 0 Å². The van der Waals surface area contributed by atoms with E-state index >= 15 is 0 Å². The van der Waals surface area contributed by atoms with Crippen molar-refractivity contribution >= 4 is 21.8 Å². The van der Waals surface area contributed by atoms with E-state index in [1.54, 1.807) is 0 Å². The molecule has 0 saturated heterocycles. The Labute approximate surface area is 116 Å². The van der Waals surface area contributed by atoms with Gasteiger partial charge in [-0.25, -0.2) is 0 Å². The highest BCUT2D eigenvalue weighted by atomic mass is 79.9. The third kappa shape index (κ3) is 3.21. The summed E-state index contributed by atoms with van der Waals surface area (Å²) in [6, 6.07) is 5.68. The van der Waals surface area contributed by atoms with Crippen molar-refractivity contribution in [2.45, 2.75) is 13.3 Å². The molecule has 96 valence electrons. The molecule has 18 heavy (non-hydrogen) atoms. The molecule has 2 rings (SSSR count). The van der Waals surface area contributed by atoms with Gasteiger partial charge in [-0.3, -0.25) is 4.79 Å². The van der Waals surface area contributed by atoms with Crippen LogP contribution in [0, 0.1) is 6.92 Å². The van der Waals surface area contributed by atoms with Crippen LogP contribution in [0.4, 0.5) is 0 Å². The predicted octanol–water partition coefficient (Wildman–Crippen LogP) is 2.41. The van der Waals surface area contributed by atoms with E-state index in [1.807, 2.05) is 25.1 Å². The van der Waals surface area contributed by atoms with Gasteiger partial charge in [0.15, 0.2) is 0 Å². The second-order valence-electron chi connectivity index (χ2n) is 4.41. The molecule has 0 bridgehead atoms. The summed E-state index contributed by atoms with van der Waals surface area (Å²) in [6.07, 6.45) is 3.16. The molecule has 3 nitrogen and oxygen atoms in total. The molecule has 0 unspecified atom stereocenters. The number of nitrogens with one attached hydrogen (secondary N) is 2. The molecule has 2 N–H and O–H groups in total. The van der Waals surface area contributed by atoms with Crippen LogP contribution in [0.1, 0.15) is 22.3 Å². The van der Waals surface area contributed by atoms with E-state index in [2.05, 4.69) is 32.6 Å². The van der Waals surface area contributed by atoms with Crippen molar-refractivity contribution in [1.82, 2.24) is 10.6 Å². The third-order valence-electron chi connectivity index (χ3n) is 3.15. The van der Waals surface area contributed by atoms with Crippen molar-refractivity contribution in [3.8, 4) is 0 Å². The maximum Gasteiger partial charge on any atom is 0.251 e. The standard InChI is InChI=1S/C14H17BrN2O/c1-10-12(3-2-4-13(10)15)14(18)17-9-11-5-7-16-8-6-11/h2-5,16H,6-9H2,1H3,(H,17,18). The van der Waals surface area contributed by atoms with E-state index in [0.29, 0.717) is 6.54 Å². The van der Waals surface area contributed by atoms with E-state index in [9.17, 15) is 4.79 Å². The van der Waals surface area contributed by atoms with Crippen molar-refractivity contribution in [1.29, 1.82) is 0 Å². The largest absolute Gasteiger partial charge is 0.348 e. The Kier molecular flexibility index (Phi) is 4.55. The van der Waals surface area contributed by atoms with E-state index in [-0.39, 0.29) is 5.91 Å². The minimum absolute atomic E-state index is 0.00627. The first-order valence-corrected chi connectivity index (χ1v) is 6.89. The van der Waals surface area contributed by atoms with Gasteiger partial charge in [0.1, 0.15) is 0 Å². The van der Waals surface area contributed by atoms with Crippen molar-refractivity contribution < 1.29 is 4.79 Å². The van der Waals surface area contributed by atoms with Gasteiger partial charge in [-0.2, -0.15) is 0 Å². The first-order valence-electron chi connectivity index (χ1n) is 6.10. The zero-order chi connectivity index (χ0) is 13.0. The number of amides is 1.